The van der Waals surface area contributed by atoms with Gasteiger partial charge in [-0.1, -0.05) is 17.4 Å². The van der Waals surface area contributed by atoms with Crippen LogP contribution in [0.5, 0.6) is 5.75 Å². The van der Waals surface area contributed by atoms with E-state index in [4.69, 9.17) is 14.2 Å². The highest BCUT2D eigenvalue weighted by Gasteiger charge is 2.26. The van der Waals surface area contributed by atoms with Crippen LogP contribution >= 0.6 is 22.7 Å². The maximum absolute atomic E-state index is 12.9. The summed E-state index contributed by atoms with van der Waals surface area (Å²) >= 11 is 2.87. The summed E-state index contributed by atoms with van der Waals surface area (Å²) in [6.45, 7) is 0.729. The molecule has 1 aliphatic heterocycles. The summed E-state index contributed by atoms with van der Waals surface area (Å²) < 4.78 is 16.8. The number of nitrogens with zero attached hydrogens (tertiary/aromatic N) is 3. The van der Waals surface area contributed by atoms with Crippen molar-refractivity contribution >= 4 is 50.1 Å². The van der Waals surface area contributed by atoms with Crippen molar-refractivity contribution in [2.75, 3.05) is 25.3 Å². The molecule has 0 aliphatic carbocycles. The highest BCUT2D eigenvalue weighted by atomic mass is 32.1. The van der Waals surface area contributed by atoms with Crippen molar-refractivity contribution in [2.45, 2.75) is 0 Å². The van der Waals surface area contributed by atoms with Crippen LogP contribution in [0.3, 0.4) is 0 Å². The molecule has 9 heteroatoms. The van der Waals surface area contributed by atoms with Gasteiger partial charge in [0, 0.05) is 4.88 Å². The topological polar surface area (TPSA) is 73.2 Å². The zero-order chi connectivity index (χ0) is 18.6. The van der Waals surface area contributed by atoms with Crippen LogP contribution in [-0.2, 0) is 14.3 Å². The van der Waals surface area contributed by atoms with Crippen molar-refractivity contribution in [1.29, 1.82) is 0 Å². The van der Waals surface area contributed by atoms with Crippen LogP contribution in [0.1, 0.15) is 4.88 Å². The van der Waals surface area contributed by atoms with Crippen molar-refractivity contribution in [3.63, 3.8) is 0 Å². The summed E-state index contributed by atoms with van der Waals surface area (Å²) in [5, 5.41) is 7.97. The first-order valence-corrected chi connectivity index (χ1v) is 9.75. The molecule has 0 unspecified atom stereocenters. The third-order valence-corrected chi connectivity index (χ3v) is 5.46. The van der Waals surface area contributed by atoms with Crippen molar-refractivity contribution in [2.24, 2.45) is 5.10 Å². The number of hydrazone groups is 1. The zero-order valence-electron chi connectivity index (χ0n) is 14.3. The van der Waals surface area contributed by atoms with Crippen molar-refractivity contribution in [3.8, 4) is 5.75 Å². The van der Waals surface area contributed by atoms with E-state index < -0.39 is 5.91 Å². The van der Waals surface area contributed by atoms with Crippen molar-refractivity contribution in [1.82, 2.24) is 4.98 Å². The van der Waals surface area contributed by atoms with E-state index in [2.05, 4.69) is 10.1 Å². The number of benzene rings is 1. The van der Waals surface area contributed by atoms with Crippen LogP contribution < -0.4 is 9.75 Å². The largest absolute Gasteiger partial charge is 0.497 e. The summed E-state index contributed by atoms with van der Waals surface area (Å²) in [6.07, 6.45) is 2.94. The van der Waals surface area contributed by atoms with Crippen LogP contribution in [0, 0.1) is 0 Å². The third-order valence-electron chi connectivity index (χ3n) is 3.66. The average Bonchev–Trinajstić information content (AvgIpc) is 3.37. The van der Waals surface area contributed by atoms with Crippen molar-refractivity contribution < 1.29 is 19.0 Å². The fourth-order valence-corrected chi connectivity index (χ4v) is 3.89. The summed E-state index contributed by atoms with van der Waals surface area (Å²) in [4.78, 5) is 18.4. The molecule has 1 aromatic carbocycles. The Kier molecular flexibility index (Phi) is 5.03. The molecule has 0 N–H and O–H groups in total. The second-order valence-electron chi connectivity index (χ2n) is 5.41. The number of fused-ring (bicyclic) bond motifs is 1. The first-order valence-electron chi connectivity index (χ1n) is 8.06. The van der Waals surface area contributed by atoms with Gasteiger partial charge in [0.15, 0.2) is 0 Å². The summed E-state index contributed by atoms with van der Waals surface area (Å²) in [5.74, 6) is 0.388. The van der Waals surface area contributed by atoms with Gasteiger partial charge in [0.25, 0.3) is 0 Å². The molecule has 0 fully saturated rings. The first-order chi connectivity index (χ1) is 13.2. The fraction of sp³-hybridized carbons (Fsp3) is 0.167. The average molecular weight is 401 g/mol. The van der Waals surface area contributed by atoms with Gasteiger partial charge in [-0.3, -0.25) is 4.79 Å². The smallest absolute Gasteiger partial charge is 0.319 e. The molecule has 7 nitrogen and oxygen atoms in total. The number of aromatic nitrogens is 1. The number of rotatable bonds is 5. The van der Waals surface area contributed by atoms with E-state index in [1.54, 1.807) is 13.3 Å². The minimum Gasteiger partial charge on any atom is -0.497 e. The molecule has 3 aromatic rings. The number of thiophene rings is 1. The molecule has 0 radical (unpaired) electrons. The van der Waals surface area contributed by atoms with Crippen LogP contribution in [0.4, 0.5) is 5.13 Å². The minimum absolute atomic E-state index is 0.0985. The Morgan fingerprint density at radius 3 is 3.04 bits per heavy atom. The Balaban J connectivity index is 1.72. The van der Waals surface area contributed by atoms with Gasteiger partial charge < -0.3 is 14.2 Å². The van der Waals surface area contributed by atoms with Gasteiger partial charge in [-0.2, -0.15) is 10.1 Å². The number of hydrogen-bond acceptors (Lipinski definition) is 8. The number of methoxy groups -OCH3 is 1. The number of anilines is 1. The third kappa shape index (κ3) is 3.79. The standard InChI is InChI=1S/C18H15N3O4S2/c1-23-12-4-5-14-16(9-12)27-18(20-14)21(19-10-13-3-2-8-26-13)17(22)15-11-24-6-7-25-15/h2-5,8-11H,6-7H2,1H3/b19-10-. The Labute approximate surface area is 163 Å². The molecule has 4 rings (SSSR count). The Hall–Kier alpha value is -2.91. The molecule has 0 bridgehead atoms. The molecular formula is C18H15N3O4S2. The summed E-state index contributed by atoms with van der Waals surface area (Å²) in [7, 11) is 1.61. The van der Waals surface area contributed by atoms with E-state index >= 15 is 0 Å². The van der Waals surface area contributed by atoms with E-state index in [-0.39, 0.29) is 5.76 Å². The predicted molar refractivity (Wildman–Crippen MR) is 106 cm³/mol. The highest BCUT2D eigenvalue weighted by molar-refractivity contribution is 7.22. The number of hydrogen-bond donors (Lipinski definition) is 0. The Morgan fingerprint density at radius 1 is 1.37 bits per heavy atom. The fourth-order valence-electron chi connectivity index (χ4n) is 2.36. The van der Waals surface area contributed by atoms with Gasteiger partial charge in [-0.05, 0) is 29.6 Å². The molecule has 0 saturated carbocycles. The molecular weight excluding hydrogens is 386 g/mol. The van der Waals surface area contributed by atoms with Crippen molar-refractivity contribution in [3.05, 3.63) is 52.6 Å². The highest BCUT2D eigenvalue weighted by Crippen LogP contribution is 2.32. The quantitative estimate of drug-likeness (QED) is 0.482. The molecule has 2 aromatic heterocycles. The van der Waals surface area contributed by atoms with Crippen LogP contribution in [-0.4, -0.2) is 37.4 Å². The van der Waals surface area contributed by atoms with Crippen LogP contribution in [0.15, 0.2) is 52.8 Å². The van der Waals surface area contributed by atoms with Gasteiger partial charge in [0.2, 0.25) is 10.9 Å². The Morgan fingerprint density at radius 2 is 2.30 bits per heavy atom. The van der Waals surface area contributed by atoms with Crippen LogP contribution in [0.2, 0.25) is 0 Å². The SMILES string of the molecule is COc1ccc2nc(N(/N=C\c3cccs3)C(=O)C3=COCCO3)sc2c1. The molecule has 0 spiro atoms. The molecule has 138 valence electrons. The number of ether oxygens (including phenoxy) is 3. The van der Waals surface area contributed by atoms with E-state index in [1.807, 2.05) is 35.7 Å². The van der Waals surface area contributed by atoms with Gasteiger partial charge in [0.1, 0.15) is 25.2 Å². The zero-order valence-corrected chi connectivity index (χ0v) is 16.0. The molecule has 0 atom stereocenters. The maximum Gasteiger partial charge on any atom is 0.319 e. The van der Waals surface area contributed by atoms with Gasteiger partial charge in [-0.15, -0.1) is 11.3 Å². The van der Waals surface area contributed by atoms with E-state index in [9.17, 15) is 4.79 Å². The lowest BCUT2D eigenvalue weighted by molar-refractivity contribution is -0.119. The number of carbonyl (C=O) groups is 1. The molecule has 1 aliphatic rings. The molecule has 1 amide bonds. The van der Waals surface area contributed by atoms with Crippen LogP contribution in [0.25, 0.3) is 10.2 Å². The number of amides is 1. The summed E-state index contributed by atoms with van der Waals surface area (Å²) in [5.41, 5.74) is 0.759. The lowest BCUT2D eigenvalue weighted by Gasteiger charge is -2.18. The van der Waals surface area contributed by atoms with Gasteiger partial charge in [0.05, 0.1) is 23.5 Å². The van der Waals surface area contributed by atoms with E-state index in [1.165, 1.54) is 33.9 Å². The lowest BCUT2D eigenvalue weighted by atomic mass is 10.3. The minimum atomic E-state index is -0.437. The second kappa shape index (κ2) is 7.77. The maximum atomic E-state index is 12.9. The molecule has 3 heterocycles. The second-order valence-corrected chi connectivity index (χ2v) is 7.40. The Bertz CT molecular complexity index is 1010. The summed E-state index contributed by atoms with van der Waals surface area (Å²) in [6, 6.07) is 9.39. The number of carbonyl (C=O) groups excluding carboxylic acids is 1. The van der Waals surface area contributed by atoms with Gasteiger partial charge >= 0.3 is 5.91 Å². The predicted octanol–water partition coefficient (Wildman–Crippen LogP) is 3.62. The molecule has 27 heavy (non-hydrogen) atoms. The first kappa shape index (κ1) is 17.5. The van der Waals surface area contributed by atoms with E-state index in [0.717, 1.165) is 20.8 Å². The van der Waals surface area contributed by atoms with Gasteiger partial charge in [-0.25, -0.2) is 4.98 Å². The van der Waals surface area contributed by atoms with E-state index in [0.29, 0.717) is 18.3 Å². The normalized spacial score (nSPS) is 13.9. The number of thiazole rings is 1. The molecule has 0 saturated heterocycles. The monoisotopic (exact) mass is 401 g/mol. The lowest BCUT2D eigenvalue weighted by Crippen LogP contribution is -2.30.